The van der Waals surface area contributed by atoms with Crippen LogP contribution in [0.15, 0.2) is 53.1 Å². The fraction of sp³-hybridized carbons (Fsp3) is 0.211. The molecule has 0 saturated carbocycles. The number of sulfonamides is 1. The summed E-state index contributed by atoms with van der Waals surface area (Å²) in [4.78, 5) is 15.6. The summed E-state index contributed by atoms with van der Waals surface area (Å²) in [6.07, 6.45) is 0. The van der Waals surface area contributed by atoms with Crippen LogP contribution in [0.25, 0.3) is 11.4 Å². The van der Waals surface area contributed by atoms with Gasteiger partial charge in [0.25, 0.3) is 0 Å². The van der Waals surface area contributed by atoms with Crippen molar-refractivity contribution >= 4 is 16.0 Å². The van der Waals surface area contributed by atoms with E-state index < -0.39 is 16.0 Å². The first kappa shape index (κ1) is 19.7. The lowest BCUT2D eigenvalue weighted by molar-refractivity contribution is 0.0600. The summed E-state index contributed by atoms with van der Waals surface area (Å²) >= 11 is 0. The second-order valence-corrected chi connectivity index (χ2v) is 7.96. The maximum absolute atomic E-state index is 12.3. The number of esters is 1. The molecule has 28 heavy (non-hydrogen) atoms. The van der Waals surface area contributed by atoms with Gasteiger partial charge in [-0.05, 0) is 30.7 Å². The molecule has 0 saturated heterocycles. The van der Waals surface area contributed by atoms with Gasteiger partial charge in [0.05, 0.1) is 25.0 Å². The monoisotopic (exact) mass is 401 g/mol. The van der Waals surface area contributed by atoms with Crippen molar-refractivity contribution in [2.24, 2.45) is 0 Å². The van der Waals surface area contributed by atoms with Crippen molar-refractivity contribution in [3.63, 3.8) is 0 Å². The molecule has 0 radical (unpaired) electrons. The third-order valence-electron chi connectivity index (χ3n) is 3.92. The van der Waals surface area contributed by atoms with Gasteiger partial charge < -0.3 is 9.26 Å². The summed E-state index contributed by atoms with van der Waals surface area (Å²) in [5, 5.41) is 3.88. The van der Waals surface area contributed by atoms with Crippen LogP contribution in [0.1, 0.15) is 27.4 Å². The van der Waals surface area contributed by atoms with E-state index in [-0.39, 0.29) is 18.2 Å². The molecular weight excluding hydrogens is 382 g/mol. The predicted molar refractivity (Wildman–Crippen MR) is 102 cm³/mol. The van der Waals surface area contributed by atoms with Crippen LogP contribution < -0.4 is 4.72 Å². The van der Waals surface area contributed by atoms with Crippen LogP contribution in [-0.2, 0) is 27.1 Å². The third kappa shape index (κ3) is 5.02. The molecule has 1 N–H and O–H groups in total. The third-order valence-corrected chi connectivity index (χ3v) is 5.22. The second kappa shape index (κ2) is 8.32. The van der Waals surface area contributed by atoms with E-state index in [1.54, 1.807) is 12.1 Å². The van der Waals surface area contributed by atoms with Gasteiger partial charge in [0.15, 0.2) is 0 Å². The largest absolute Gasteiger partial charge is 0.465 e. The number of benzene rings is 2. The fourth-order valence-corrected chi connectivity index (χ4v) is 3.60. The van der Waals surface area contributed by atoms with Crippen molar-refractivity contribution in [1.29, 1.82) is 0 Å². The Morgan fingerprint density at radius 2 is 1.93 bits per heavy atom. The summed E-state index contributed by atoms with van der Waals surface area (Å²) in [5.74, 6) is -0.154. The van der Waals surface area contributed by atoms with Gasteiger partial charge in [-0.3, -0.25) is 0 Å². The van der Waals surface area contributed by atoms with E-state index in [0.29, 0.717) is 17.0 Å². The number of nitrogens with one attached hydrogen (secondary N) is 1. The van der Waals surface area contributed by atoms with Crippen LogP contribution in [0.5, 0.6) is 0 Å². The highest BCUT2D eigenvalue weighted by atomic mass is 32.2. The molecule has 1 heterocycles. The summed E-state index contributed by atoms with van der Waals surface area (Å²) in [7, 11) is -2.34. The lowest BCUT2D eigenvalue weighted by Gasteiger charge is -2.05. The molecule has 0 aliphatic rings. The van der Waals surface area contributed by atoms with Crippen LogP contribution in [-0.4, -0.2) is 31.6 Å². The maximum Gasteiger partial charge on any atom is 0.337 e. The van der Waals surface area contributed by atoms with Gasteiger partial charge in [-0.15, -0.1) is 0 Å². The summed E-state index contributed by atoms with van der Waals surface area (Å²) < 4.78 is 36.7. The molecule has 146 valence electrons. The molecule has 0 atom stereocenters. The number of aryl methyl sites for hydroxylation is 1. The average Bonchev–Trinajstić information content (AvgIpc) is 3.15. The van der Waals surface area contributed by atoms with E-state index in [4.69, 9.17) is 4.52 Å². The van der Waals surface area contributed by atoms with Crippen molar-refractivity contribution in [2.75, 3.05) is 7.11 Å². The van der Waals surface area contributed by atoms with E-state index in [2.05, 4.69) is 19.6 Å². The Hall–Kier alpha value is -3.04. The minimum absolute atomic E-state index is 0.110. The van der Waals surface area contributed by atoms with Crippen molar-refractivity contribution in [3.05, 3.63) is 71.1 Å². The molecule has 0 fully saturated rings. The van der Waals surface area contributed by atoms with E-state index in [1.165, 1.54) is 19.2 Å². The number of rotatable bonds is 7. The zero-order chi connectivity index (χ0) is 20.1. The first-order valence-corrected chi connectivity index (χ1v) is 10.1. The molecule has 2 aromatic carbocycles. The zero-order valence-corrected chi connectivity index (χ0v) is 16.2. The Morgan fingerprint density at radius 1 is 1.18 bits per heavy atom. The number of carbonyl (C=O) groups excluding carboxylic acids is 1. The van der Waals surface area contributed by atoms with Crippen molar-refractivity contribution in [1.82, 2.24) is 14.9 Å². The van der Waals surface area contributed by atoms with Gasteiger partial charge in [0, 0.05) is 5.56 Å². The Bertz CT molecular complexity index is 1070. The average molecular weight is 401 g/mol. The number of hydrogen-bond donors (Lipinski definition) is 1. The summed E-state index contributed by atoms with van der Waals surface area (Å²) in [5.41, 5.74) is 2.74. The molecular formula is C19H19N3O5S. The molecule has 3 rings (SSSR count). The van der Waals surface area contributed by atoms with E-state index in [1.807, 2.05) is 31.2 Å². The van der Waals surface area contributed by atoms with Gasteiger partial charge in [-0.25, -0.2) is 17.9 Å². The lowest BCUT2D eigenvalue weighted by atomic mass is 10.1. The standard InChI is InChI=1S/C19H19N3O5S/c1-13-4-3-5-16(10-13)18-21-17(27-22-18)11-20-28(24,25)12-14-6-8-15(9-7-14)19(23)26-2/h3-10,20H,11-12H2,1-2H3. The zero-order valence-electron chi connectivity index (χ0n) is 15.4. The van der Waals surface area contributed by atoms with E-state index >= 15 is 0 Å². The fourth-order valence-electron chi connectivity index (χ4n) is 2.53. The lowest BCUT2D eigenvalue weighted by Crippen LogP contribution is -2.24. The number of aromatic nitrogens is 2. The van der Waals surface area contributed by atoms with Crippen molar-refractivity contribution < 1.29 is 22.5 Å². The van der Waals surface area contributed by atoms with Gasteiger partial charge in [-0.1, -0.05) is 41.1 Å². The molecule has 9 heteroatoms. The number of methoxy groups -OCH3 is 1. The van der Waals surface area contributed by atoms with Gasteiger partial charge in [-0.2, -0.15) is 4.98 Å². The Balaban J connectivity index is 1.61. The molecule has 3 aromatic rings. The van der Waals surface area contributed by atoms with E-state index in [9.17, 15) is 13.2 Å². The van der Waals surface area contributed by atoms with Crippen molar-refractivity contribution in [3.8, 4) is 11.4 Å². The Kier molecular flexibility index (Phi) is 5.86. The SMILES string of the molecule is COC(=O)c1ccc(CS(=O)(=O)NCc2nc(-c3cccc(C)c3)no2)cc1. The highest BCUT2D eigenvalue weighted by Gasteiger charge is 2.15. The van der Waals surface area contributed by atoms with Gasteiger partial charge >= 0.3 is 5.97 Å². The highest BCUT2D eigenvalue weighted by Crippen LogP contribution is 2.17. The first-order chi connectivity index (χ1) is 13.4. The van der Waals surface area contributed by atoms with Gasteiger partial charge in [0.2, 0.25) is 21.7 Å². The number of hydrogen-bond acceptors (Lipinski definition) is 7. The Labute approximate surface area is 162 Å². The van der Waals surface area contributed by atoms with Crippen LogP contribution in [0.4, 0.5) is 0 Å². The van der Waals surface area contributed by atoms with E-state index in [0.717, 1.165) is 11.1 Å². The Morgan fingerprint density at radius 3 is 2.61 bits per heavy atom. The predicted octanol–water partition coefficient (Wildman–Crippen LogP) is 2.45. The quantitative estimate of drug-likeness (QED) is 0.605. The summed E-state index contributed by atoms with van der Waals surface area (Å²) in [6.45, 7) is 1.84. The van der Waals surface area contributed by atoms with Crippen LogP contribution in [0.2, 0.25) is 0 Å². The smallest absolute Gasteiger partial charge is 0.337 e. The molecule has 0 aliphatic carbocycles. The molecule has 0 amide bonds. The maximum atomic E-state index is 12.3. The topological polar surface area (TPSA) is 111 Å². The first-order valence-electron chi connectivity index (χ1n) is 8.40. The number of carbonyl (C=O) groups is 1. The molecule has 0 spiro atoms. The normalized spacial score (nSPS) is 11.4. The molecule has 1 aromatic heterocycles. The van der Waals surface area contributed by atoms with Crippen LogP contribution >= 0.6 is 0 Å². The molecule has 0 aliphatic heterocycles. The minimum Gasteiger partial charge on any atom is -0.465 e. The number of nitrogens with zero attached hydrogens (tertiary/aromatic N) is 2. The van der Waals surface area contributed by atoms with Crippen molar-refractivity contribution in [2.45, 2.75) is 19.2 Å². The van der Waals surface area contributed by atoms with Crippen LogP contribution in [0.3, 0.4) is 0 Å². The number of ether oxygens (including phenoxy) is 1. The summed E-state index contributed by atoms with van der Waals surface area (Å²) in [6, 6.07) is 13.8. The molecule has 8 nitrogen and oxygen atoms in total. The van der Waals surface area contributed by atoms with Gasteiger partial charge in [0.1, 0.15) is 0 Å². The molecule has 0 bridgehead atoms. The minimum atomic E-state index is -3.63. The molecule has 0 unspecified atom stereocenters. The highest BCUT2D eigenvalue weighted by molar-refractivity contribution is 7.88. The second-order valence-electron chi connectivity index (χ2n) is 6.15. The van der Waals surface area contributed by atoms with Crippen LogP contribution in [0, 0.1) is 6.92 Å².